The maximum atomic E-state index is 9.28. The van der Waals surface area contributed by atoms with Gasteiger partial charge in [-0.3, -0.25) is 0 Å². The molecule has 14 heavy (non-hydrogen) atoms. The van der Waals surface area contributed by atoms with Gasteiger partial charge >= 0.3 is 0 Å². The van der Waals surface area contributed by atoms with Crippen molar-refractivity contribution in [2.24, 2.45) is 11.8 Å². The minimum atomic E-state index is -0.654. The summed E-state index contributed by atoms with van der Waals surface area (Å²) in [5.74, 6) is 1.31. The summed E-state index contributed by atoms with van der Waals surface area (Å²) >= 11 is 0. The molecular weight excluding hydrogens is 176 g/mol. The predicted octanol–water partition coefficient (Wildman–Crippen LogP) is 2.95. The minimum absolute atomic E-state index is 0.187. The third-order valence-electron chi connectivity index (χ3n) is 3.48. The molecule has 1 N–H and O–H groups in total. The van der Waals surface area contributed by atoms with Crippen LogP contribution in [-0.4, -0.2) is 17.0 Å². The van der Waals surface area contributed by atoms with Crippen LogP contribution in [0.15, 0.2) is 0 Å². The van der Waals surface area contributed by atoms with Gasteiger partial charge in [0.05, 0.1) is 5.60 Å². The van der Waals surface area contributed by atoms with Crippen molar-refractivity contribution in [2.45, 2.75) is 65.3 Å². The lowest BCUT2D eigenvalue weighted by Gasteiger charge is -2.41. The van der Waals surface area contributed by atoms with Gasteiger partial charge < -0.3 is 9.84 Å². The van der Waals surface area contributed by atoms with Gasteiger partial charge in [0, 0.05) is 0 Å². The molecule has 2 nitrogen and oxygen atoms in total. The Kier molecular flexibility index (Phi) is 3.96. The molecule has 0 aromatic heterocycles. The highest BCUT2D eigenvalue weighted by Gasteiger charge is 2.36. The Morgan fingerprint density at radius 3 is 2.36 bits per heavy atom. The fourth-order valence-electron chi connectivity index (χ4n) is 2.88. The van der Waals surface area contributed by atoms with Crippen molar-refractivity contribution >= 4 is 0 Å². The van der Waals surface area contributed by atoms with E-state index in [1.54, 1.807) is 6.92 Å². The SMILES string of the molecule is CC(O)OC(C)(C)C1CCCCC1C. The first kappa shape index (κ1) is 12.0. The third kappa shape index (κ3) is 2.96. The first-order valence-corrected chi connectivity index (χ1v) is 5.79. The summed E-state index contributed by atoms with van der Waals surface area (Å²) in [5, 5.41) is 9.28. The highest BCUT2D eigenvalue weighted by Crippen LogP contribution is 2.39. The van der Waals surface area contributed by atoms with Gasteiger partial charge in [0.1, 0.15) is 0 Å². The third-order valence-corrected chi connectivity index (χ3v) is 3.48. The summed E-state index contributed by atoms with van der Waals surface area (Å²) in [4.78, 5) is 0. The Hall–Kier alpha value is -0.0800. The van der Waals surface area contributed by atoms with Crippen LogP contribution in [0.1, 0.15) is 53.4 Å². The van der Waals surface area contributed by atoms with Crippen molar-refractivity contribution in [1.29, 1.82) is 0 Å². The van der Waals surface area contributed by atoms with Crippen molar-refractivity contribution in [3.8, 4) is 0 Å². The van der Waals surface area contributed by atoms with Crippen LogP contribution in [0.5, 0.6) is 0 Å². The van der Waals surface area contributed by atoms with E-state index in [-0.39, 0.29) is 5.60 Å². The smallest absolute Gasteiger partial charge is 0.152 e. The van der Waals surface area contributed by atoms with E-state index in [4.69, 9.17) is 4.74 Å². The minimum Gasteiger partial charge on any atom is -0.368 e. The number of hydrogen-bond acceptors (Lipinski definition) is 2. The molecule has 0 heterocycles. The Morgan fingerprint density at radius 1 is 1.29 bits per heavy atom. The van der Waals surface area contributed by atoms with Gasteiger partial charge in [-0.1, -0.05) is 26.2 Å². The Labute approximate surface area is 87.7 Å². The molecule has 1 aliphatic rings. The molecule has 3 atom stereocenters. The molecule has 1 rings (SSSR count). The van der Waals surface area contributed by atoms with Gasteiger partial charge in [0.25, 0.3) is 0 Å². The molecule has 0 bridgehead atoms. The van der Waals surface area contributed by atoms with E-state index in [0.29, 0.717) is 5.92 Å². The zero-order valence-corrected chi connectivity index (χ0v) is 9.92. The lowest BCUT2D eigenvalue weighted by molar-refractivity contribution is -0.192. The monoisotopic (exact) mass is 200 g/mol. The van der Waals surface area contributed by atoms with Crippen molar-refractivity contribution in [3.05, 3.63) is 0 Å². The Bertz CT molecular complexity index is 175. The highest BCUT2D eigenvalue weighted by molar-refractivity contribution is 4.86. The van der Waals surface area contributed by atoms with Crippen LogP contribution in [0, 0.1) is 11.8 Å². The van der Waals surface area contributed by atoms with Crippen molar-refractivity contribution in [2.75, 3.05) is 0 Å². The van der Waals surface area contributed by atoms with Crippen LogP contribution in [0.3, 0.4) is 0 Å². The first-order chi connectivity index (χ1) is 6.43. The maximum Gasteiger partial charge on any atom is 0.152 e. The number of hydrogen-bond donors (Lipinski definition) is 1. The zero-order chi connectivity index (χ0) is 10.8. The van der Waals surface area contributed by atoms with E-state index in [1.807, 2.05) is 0 Å². The summed E-state index contributed by atoms with van der Waals surface area (Å²) in [6.45, 7) is 8.20. The van der Waals surface area contributed by atoms with Crippen molar-refractivity contribution < 1.29 is 9.84 Å². The van der Waals surface area contributed by atoms with Crippen molar-refractivity contribution in [3.63, 3.8) is 0 Å². The standard InChI is InChI=1S/C12H24O2/c1-9-7-5-6-8-11(9)12(3,4)14-10(2)13/h9-11,13H,5-8H2,1-4H3. The normalized spacial score (nSPS) is 31.5. The summed E-state index contributed by atoms with van der Waals surface area (Å²) < 4.78 is 5.60. The van der Waals surface area contributed by atoms with Crippen LogP contribution in [0.2, 0.25) is 0 Å². The average molecular weight is 200 g/mol. The molecule has 0 aromatic rings. The van der Waals surface area contributed by atoms with Gasteiger partial charge in [0.2, 0.25) is 0 Å². The fraction of sp³-hybridized carbons (Fsp3) is 1.00. The average Bonchev–Trinajstić information content (AvgIpc) is 2.02. The van der Waals surface area contributed by atoms with Crippen LogP contribution in [0.4, 0.5) is 0 Å². The number of rotatable bonds is 3. The zero-order valence-electron chi connectivity index (χ0n) is 9.92. The molecule has 0 amide bonds. The van der Waals surface area contributed by atoms with Gasteiger partial charge in [0.15, 0.2) is 6.29 Å². The van der Waals surface area contributed by atoms with E-state index in [9.17, 15) is 5.11 Å². The molecule has 0 radical (unpaired) electrons. The van der Waals surface area contributed by atoms with E-state index < -0.39 is 6.29 Å². The van der Waals surface area contributed by atoms with Gasteiger partial charge in [-0.25, -0.2) is 0 Å². The van der Waals surface area contributed by atoms with E-state index in [0.717, 1.165) is 5.92 Å². The molecule has 0 saturated heterocycles. The van der Waals surface area contributed by atoms with E-state index in [1.165, 1.54) is 25.7 Å². The second-order valence-corrected chi connectivity index (χ2v) is 5.19. The number of ether oxygens (including phenoxy) is 1. The molecular formula is C12H24O2. The fourth-order valence-corrected chi connectivity index (χ4v) is 2.88. The quantitative estimate of drug-likeness (QED) is 0.710. The van der Waals surface area contributed by atoms with Crippen molar-refractivity contribution in [1.82, 2.24) is 0 Å². The number of aliphatic hydroxyl groups excluding tert-OH is 1. The summed E-state index contributed by atoms with van der Waals surface area (Å²) in [6, 6.07) is 0. The van der Waals surface area contributed by atoms with Crippen LogP contribution < -0.4 is 0 Å². The Morgan fingerprint density at radius 2 is 1.86 bits per heavy atom. The van der Waals surface area contributed by atoms with Crippen LogP contribution in [0.25, 0.3) is 0 Å². The Balaban J connectivity index is 2.59. The molecule has 1 aliphatic carbocycles. The van der Waals surface area contributed by atoms with Gasteiger partial charge in [-0.2, -0.15) is 0 Å². The lowest BCUT2D eigenvalue weighted by Crippen LogP contribution is -2.42. The molecule has 2 heteroatoms. The van der Waals surface area contributed by atoms with E-state index in [2.05, 4.69) is 20.8 Å². The highest BCUT2D eigenvalue weighted by atomic mass is 16.6. The largest absolute Gasteiger partial charge is 0.368 e. The summed E-state index contributed by atoms with van der Waals surface area (Å²) in [7, 11) is 0. The molecule has 0 spiro atoms. The molecule has 3 unspecified atom stereocenters. The molecule has 1 fully saturated rings. The number of aliphatic hydroxyl groups is 1. The lowest BCUT2D eigenvalue weighted by atomic mass is 9.72. The van der Waals surface area contributed by atoms with Gasteiger partial charge in [-0.05, 0) is 39.0 Å². The topological polar surface area (TPSA) is 29.5 Å². The van der Waals surface area contributed by atoms with Gasteiger partial charge in [-0.15, -0.1) is 0 Å². The second-order valence-electron chi connectivity index (χ2n) is 5.19. The molecule has 84 valence electrons. The van der Waals surface area contributed by atoms with Crippen LogP contribution in [-0.2, 0) is 4.74 Å². The first-order valence-electron chi connectivity index (χ1n) is 5.79. The van der Waals surface area contributed by atoms with Crippen LogP contribution >= 0.6 is 0 Å². The maximum absolute atomic E-state index is 9.28. The summed E-state index contributed by atoms with van der Waals surface area (Å²) in [5.41, 5.74) is -0.187. The van der Waals surface area contributed by atoms with E-state index >= 15 is 0 Å². The molecule has 1 saturated carbocycles. The predicted molar refractivity (Wildman–Crippen MR) is 58.0 cm³/mol. The molecule has 0 aromatic carbocycles. The second kappa shape index (κ2) is 4.63. The summed E-state index contributed by atoms with van der Waals surface area (Å²) in [6.07, 6.45) is 4.54. The molecule has 0 aliphatic heterocycles.